The summed E-state index contributed by atoms with van der Waals surface area (Å²) in [5, 5.41) is 2.85. The number of benzene rings is 3. The van der Waals surface area contributed by atoms with Crippen molar-refractivity contribution in [2.45, 2.75) is 26.1 Å². The number of rotatable bonds is 9. The first-order valence-corrected chi connectivity index (χ1v) is 9.78. The van der Waals surface area contributed by atoms with Crippen molar-refractivity contribution in [2.75, 3.05) is 6.54 Å². The predicted octanol–water partition coefficient (Wildman–Crippen LogP) is 4.08. The molecular formula is C25H26N2O2. The van der Waals surface area contributed by atoms with Gasteiger partial charge in [0.25, 0.3) is 0 Å². The van der Waals surface area contributed by atoms with Crippen molar-refractivity contribution in [1.82, 2.24) is 10.2 Å². The second kappa shape index (κ2) is 10.3. The molecule has 0 aromatic heterocycles. The SMILES string of the molecule is CC(=O)NC(CN(Cc1ccccc1)Cc1ccccc1)C(=O)c1ccccc1. The number of carbonyl (C=O) groups is 2. The van der Waals surface area contributed by atoms with Crippen LogP contribution in [0.1, 0.15) is 28.4 Å². The molecule has 0 bridgehead atoms. The van der Waals surface area contributed by atoms with Gasteiger partial charge in [-0.3, -0.25) is 14.5 Å². The number of hydrogen-bond acceptors (Lipinski definition) is 3. The average molecular weight is 386 g/mol. The fraction of sp³-hybridized carbons (Fsp3) is 0.200. The van der Waals surface area contributed by atoms with Crippen molar-refractivity contribution in [3.8, 4) is 0 Å². The van der Waals surface area contributed by atoms with Crippen molar-refractivity contribution in [1.29, 1.82) is 0 Å². The fourth-order valence-electron chi connectivity index (χ4n) is 3.37. The Morgan fingerprint density at radius 1 is 0.759 bits per heavy atom. The molecule has 0 aliphatic rings. The molecular weight excluding hydrogens is 360 g/mol. The predicted molar refractivity (Wildman–Crippen MR) is 115 cm³/mol. The molecule has 1 N–H and O–H groups in total. The van der Waals surface area contributed by atoms with Crippen LogP contribution in [0.25, 0.3) is 0 Å². The molecule has 148 valence electrons. The third-order valence-corrected chi connectivity index (χ3v) is 4.69. The summed E-state index contributed by atoms with van der Waals surface area (Å²) in [6.07, 6.45) is 0. The molecule has 29 heavy (non-hydrogen) atoms. The van der Waals surface area contributed by atoms with E-state index in [4.69, 9.17) is 0 Å². The van der Waals surface area contributed by atoms with E-state index in [0.29, 0.717) is 25.2 Å². The van der Waals surface area contributed by atoms with Gasteiger partial charge in [0.2, 0.25) is 5.91 Å². The maximum atomic E-state index is 13.1. The molecule has 1 atom stereocenters. The van der Waals surface area contributed by atoms with E-state index in [9.17, 15) is 9.59 Å². The zero-order valence-electron chi connectivity index (χ0n) is 16.6. The molecule has 0 saturated carbocycles. The lowest BCUT2D eigenvalue weighted by Gasteiger charge is -2.27. The van der Waals surface area contributed by atoms with Crippen LogP contribution in [0.4, 0.5) is 0 Å². The summed E-state index contributed by atoms with van der Waals surface area (Å²) in [5.41, 5.74) is 2.93. The first-order chi connectivity index (χ1) is 14.1. The highest BCUT2D eigenvalue weighted by molar-refractivity contribution is 6.01. The molecule has 0 radical (unpaired) electrons. The standard InChI is InChI=1S/C25H26N2O2/c1-20(28)26-24(25(29)23-15-9-4-10-16-23)19-27(17-21-11-5-2-6-12-21)18-22-13-7-3-8-14-22/h2-16,24H,17-19H2,1H3,(H,26,28). The molecule has 3 aromatic rings. The minimum atomic E-state index is -0.609. The number of ketones is 1. The fourth-order valence-corrected chi connectivity index (χ4v) is 3.37. The highest BCUT2D eigenvalue weighted by atomic mass is 16.2. The Bertz CT molecular complexity index is 870. The van der Waals surface area contributed by atoms with Crippen molar-refractivity contribution in [3.63, 3.8) is 0 Å². The van der Waals surface area contributed by atoms with Gasteiger partial charge in [-0.2, -0.15) is 0 Å². The molecule has 3 aromatic carbocycles. The first kappa shape index (κ1) is 20.5. The smallest absolute Gasteiger partial charge is 0.217 e. The number of carbonyl (C=O) groups excluding carboxylic acids is 2. The van der Waals surface area contributed by atoms with Gasteiger partial charge in [-0.05, 0) is 11.1 Å². The zero-order valence-corrected chi connectivity index (χ0v) is 16.6. The normalized spacial score (nSPS) is 11.8. The number of hydrogen-bond donors (Lipinski definition) is 1. The van der Waals surface area contributed by atoms with E-state index in [1.807, 2.05) is 54.6 Å². The summed E-state index contributed by atoms with van der Waals surface area (Å²) in [5.74, 6) is -0.287. The molecule has 0 aliphatic heterocycles. The summed E-state index contributed by atoms with van der Waals surface area (Å²) in [6.45, 7) is 3.25. The monoisotopic (exact) mass is 386 g/mol. The van der Waals surface area contributed by atoms with E-state index in [2.05, 4.69) is 34.5 Å². The molecule has 4 heteroatoms. The van der Waals surface area contributed by atoms with E-state index >= 15 is 0 Å². The van der Waals surface area contributed by atoms with Gasteiger partial charge in [0.05, 0.1) is 0 Å². The summed E-state index contributed by atoms with van der Waals surface area (Å²) < 4.78 is 0. The van der Waals surface area contributed by atoms with E-state index in [-0.39, 0.29) is 11.7 Å². The number of nitrogens with one attached hydrogen (secondary N) is 1. The summed E-state index contributed by atoms with van der Waals surface area (Å²) in [4.78, 5) is 27.1. The first-order valence-electron chi connectivity index (χ1n) is 9.78. The Morgan fingerprint density at radius 3 is 1.66 bits per heavy atom. The lowest BCUT2D eigenvalue weighted by Crippen LogP contribution is -2.47. The van der Waals surface area contributed by atoms with E-state index in [0.717, 1.165) is 11.1 Å². The lowest BCUT2D eigenvalue weighted by molar-refractivity contribution is -0.119. The third kappa shape index (κ3) is 6.40. The van der Waals surface area contributed by atoms with Gasteiger partial charge in [0.15, 0.2) is 5.78 Å². The van der Waals surface area contributed by atoms with Gasteiger partial charge in [-0.25, -0.2) is 0 Å². The van der Waals surface area contributed by atoms with Crippen LogP contribution in [0.2, 0.25) is 0 Å². The molecule has 3 rings (SSSR count). The molecule has 0 spiro atoms. The Balaban J connectivity index is 1.83. The van der Waals surface area contributed by atoms with Gasteiger partial charge in [0, 0.05) is 32.1 Å². The minimum absolute atomic E-state index is 0.0769. The number of amides is 1. The molecule has 0 aliphatic carbocycles. The molecule has 1 unspecified atom stereocenters. The van der Waals surface area contributed by atoms with Crippen molar-refractivity contribution < 1.29 is 9.59 Å². The Morgan fingerprint density at radius 2 is 1.21 bits per heavy atom. The highest BCUT2D eigenvalue weighted by Gasteiger charge is 2.24. The van der Waals surface area contributed by atoms with Gasteiger partial charge in [0.1, 0.15) is 6.04 Å². The van der Waals surface area contributed by atoms with Gasteiger partial charge < -0.3 is 5.32 Å². The van der Waals surface area contributed by atoms with Crippen LogP contribution in [0.15, 0.2) is 91.0 Å². The molecule has 0 fully saturated rings. The maximum Gasteiger partial charge on any atom is 0.217 e. The molecule has 1 amide bonds. The van der Waals surface area contributed by atoms with Crippen LogP contribution in [0.3, 0.4) is 0 Å². The van der Waals surface area contributed by atoms with Crippen LogP contribution < -0.4 is 5.32 Å². The lowest BCUT2D eigenvalue weighted by atomic mass is 10.0. The third-order valence-electron chi connectivity index (χ3n) is 4.69. The summed E-state index contributed by atoms with van der Waals surface area (Å²) in [6, 6.07) is 28.8. The Kier molecular flexibility index (Phi) is 7.31. The topological polar surface area (TPSA) is 49.4 Å². The Labute approximate surface area is 172 Å². The van der Waals surface area contributed by atoms with E-state index in [1.165, 1.54) is 6.92 Å². The van der Waals surface area contributed by atoms with Crippen LogP contribution in [0, 0.1) is 0 Å². The average Bonchev–Trinajstić information content (AvgIpc) is 2.74. The summed E-state index contributed by atoms with van der Waals surface area (Å²) >= 11 is 0. The van der Waals surface area contributed by atoms with Crippen molar-refractivity contribution in [3.05, 3.63) is 108 Å². The Hall–Kier alpha value is -3.24. The summed E-state index contributed by atoms with van der Waals surface area (Å²) in [7, 11) is 0. The van der Waals surface area contributed by atoms with Crippen LogP contribution in [-0.4, -0.2) is 29.2 Å². The van der Waals surface area contributed by atoms with Crippen LogP contribution in [0.5, 0.6) is 0 Å². The molecule has 0 heterocycles. The zero-order chi connectivity index (χ0) is 20.5. The second-order valence-electron chi connectivity index (χ2n) is 7.12. The van der Waals surface area contributed by atoms with Gasteiger partial charge >= 0.3 is 0 Å². The largest absolute Gasteiger partial charge is 0.345 e. The van der Waals surface area contributed by atoms with E-state index in [1.54, 1.807) is 12.1 Å². The van der Waals surface area contributed by atoms with Crippen molar-refractivity contribution >= 4 is 11.7 Å². The van der Waals surface area contributed by atoms with Crippen LogP contribution in [-0.2, 0) is 17.9 Å². The minimum Gasteiger partial charge on any atom is -0.345 e. The number of nitrogens with zero attached hydrogens (tertiary/aromatic N) is 1. The quantitative estimate of drug-likeness (QED) is 0.564. The molecule has 4 nitrogen and oxygen atoms in total. The van der Waals surface area contributed by atoms with Crippen LogP contribution >= 0.6 is 0 Å². The highest BCUT2D eigenvalue weighted by Crippen LogP contribution is 2.13. The molecule has 0 saturated heterocycles. The number of Topliss-reactive ketones (excluding diaryl/α,β-unsaturated/α-hetero) is 1. The van der Waals surface area contributed by atoms with Gasteiger partial charge in [-0.15, -0.1) is 0 Å². The van der Waals surface area contributed by atoms with Gasteiger partial charge in [-0.1, -0.05) is 91.0 Å². The van der Waals surface area contributed by atoms with E-state index < -0.39 is 6.04 Å². The van der Waals surface area contributed by atoms with Crippen molar-refractivity contribution in [2.24, 2.45) is 0 Å². The second-order valence-corrected chi connectivity index (χ2v) is 7.12. The maximum absolute atomic E-state index is 13.1.